The Bertz CT molecular complexity index is 373. The van der Waals surface area contributed by atoms with Crippen molar-refractivity contribution >= 4 is 0 Å². The molecule has 0 saturated carbocycles. The first kappa shape index (κ1) is 11.4. The molecule has 0 bridgehead atoms. The molecule has 16 heavy (non-hydrogen) atoms. The summed E-state index contributed by atoms with van der Waals surface area (Å²) in [6.07, 6.45) is 3.23. The van der Waals surface area contributed by atoms with E-state index in [1.54, 1.807) is 13.3 Å². The second-order valence-corrected chi connectivity index (χ2v) is 4.50. The zero-order valence-corrected chi connectivity index (χ0v) is 9.79. The largest absolute Gasteiger partial charge is 0.481 e. The van der Waals surface area contributed by atoms with Crippen molar-refractivity contribution in [2.45, 2.75) is 25.4 Å². The summed E-state index contributed by atoms with van der Waals surface area (Å²) < 4.78 is 5.11. The van der Waals surface area contributed by atoms with Crippen LogP contribution in [0.1, 0.15) is 17.5 Å². The van der Waals surface area contributed by atoms with Crippen molar-refractivity contribution < 1.29 is 9.84 Å². The molecular formula is C12H18N2O2. The van der Waals surface area contributed by atoms with Gasteiger partial charge in [0, 0.05) is 24.7 Å². The monoisotopic (exact) mass is 222 g/mol. The Labute approximate surface area is 95.7 Å². The minimum atomic E-state index is -0.608. The van der Waals surface area contributed by atoms with Crippen molar-refractivity contribution in [3.63, 3.8) is 0 Å². The third-order valence-corrected chi connectivity index (χ3v) is 3.03. The molecule has 1 unspecified atom stereocenters. The van der Waals surface area contributed by atoms with Gasteiger partial charge in [0.1, 0.15) is 0 Å². The number of ether oxygens (including phenoxy) is 1. The van der Waals surface area contributed by atoms with E-state index in [1.807, 2.05) is 13.0 Å². The van der Waals surface area contributed by atoms with Crippen LogP contribution in [0.2, 0.25) is 0 Å². The maximum absolute atomic E-state index is 10.2. The summed E-state index contributed by atoms with van der Waals surface area (Å²) in [5, 5.41) is 13.4. The summed E-state index contributed by atoms with van der Waals surface area (Å²) in [5.74, 6) is 0.653. The topological polar surface area (TPSA) is 54.4 Å². The summed E-state index contributed by atoms with van der Waals surface area (Å²) in [6.45, 7) is 3.52. The smallest absolute Gasteiger partial charge is 0.215 e. The summed E-state index contributed by atoms with van der Waals surface area (Å²) in [6, 6.07) is 2.03. The molecule has 2 N–H and O–H groups in total. The van der Waals surface area contributed by atoms with Gasteiger partial charge in [0.15, 0.2) is 0 Å². The molecule has 1 saturated heterocycles. The highest BCUT2D eigenvalue weighted by Crippen LogP contribution is 2.22. The fourth-order valence-corrected chi connectivity index (χ4v) is 2.19. The van der Waals surface area contributed by atoms with Gasteiger partial charge in [-0.3, -0.25) is 0 Å². The van der Waals surface area contributed by atoms with E-state index in [4.69, 9.17) is 4.74 Å². The van der Waals surface area contributed by atoms with E-state index in [-0.39, 0.29) is 0 Å². The number of pyridine rings is 1. The van der Waals surface area contributed by atoms with Crippen molar-refractivity contribution in [1.82, 2.24) is 10.3 Å². The number of aliphatic hydroxyl groups is 1. The SMILES string of the molecule is COc1ncc(CC2(O)CCNC2)cc1C. The Kier molecular flexibility index (Phi) is 3.12. The van der Waals surface area contributed by atoms with E-state index >= 15 is 0 Å². The van der Waals surface area contributed by atoms with E-state index in [2.05, 4.69) is 10.3 Å². The Morgan fingerprint density at radius 1 is 1.62 bits per heavy atom. The van der Waals surface area contributed by atoms with Crippen molar-refractivity contribution in [1.29, 1.82) is 0 Å². The molecule has 1 aliphatic heterocycles. The number of β-amino-alcohol motifs (C(OH)–C–C–N with tert-alkyl or cyclic N) is 1. The Hall–Kier alpha value is -1.13. The molecule has 4 heteroatoms. The van der Waals surface area contributed by atoms with Crippen molar-refractivity contribution in [2.24, 2.45) is 0 Å². The average Bonchev–Trinajstić information content (AvgIpc) is 2.65. The number of nitrogens with one attached hydrogen (secondary N) is 1. The average molecular weight is 222 g/mol. The van der Waals surface area contributed by atoms with Gasteiger partial charge < -0.3 is 15.2 Å². The van der Waals surface area contributed by atoms with Crippen LogP contribution in [0.25, 0.3) is 0 Å². The summed E-state index contributed by atoms with van der Waals surface area (Å²) in [5.41, 5.74) is 1.46. The number of nitrogens with zero attached hydrogens (tertiary/aromatic N) is 1. The summed E-state index contributed by atoms with van der Waals surface area (Å²) in [7, 11) is 1.61. The molecule has 2 heterocycles. The van der Waals surface area contributed by atoms with E-state index in [0.717, 1.165) is 24.1 Å². The lowest BCUT2D eigenvalue weighted by molar-refractivity contribution is 0.0618. The van der Waals surface area contributed by atoms with Gasteiger partial charge in [-0.1, -0.05) is 0 Å². The van der Waals surface area contributed by atoms with Crippen molar-refractivity contribution in [3.05, 3.63) is 23.4 Å². The zero-order valence-electron chi connectivity index (χ0n) is 9.79. The molecule has 0 amide bonds. The van der Waals surface area contributed by atoms with Crippen LogP contribution in [-0.2, 0) is 6.42 Å². The third kappa shape index (κ3) is 2.33. The quantitative estimate of drug-likeness (QED) is 0.789. The molecule has 0 aliphatic carbocycles. The third-order valence-electron chi connectivity index (χ3n) is 3.03. The minimum absolute atomic E-state index is 0.608. The molecule has 1 aromatic heterocycles. The molecule has 88 valence electrons. The van der Waals surface area contributed by atoms with Crippen LogP contribution in [0, 0.1) is 6.92 Å². The Morgan fingerprint density at radius 2 is 2.44 bits per heavy atom. The first-order valence-electron chi connectivity index (χ1n) is 5.56. The maximum Gasteiger partial charge on any atom is 0.215 e. The van der Waals surface area contributed by atoms with Gasteiger partial charge in [-0.25, -0.2) is 4.98 Å². The summed E-state index contributed by atoms with van der Waals surface area (Å²) in [4.78, 5) is 4.22. The normalized spacial score (nSPS) is 24.7. The van der Waals surface area contributed by atoms with Gasteiger partial charge in [0.05, 0.1) is 12.7 Å². The van der Waals surface area contributed by atoms with E-state index in [1.165, 1.54) is 0 Å². The molecule has 1 atom stereocenters. The molecule has 1 aromatic rings. The lowest BCUT2D eigenvalue weighted by Gasteiger charge is -2.21. The molecule has 1 fully saturated rings. The van der Waals surface area contributed by atoms with Crippen LogP contribution < -0.4 is 10.1 Å². The van der Waals surface area contributed by atoms with Gasteiger partial charge in [0.25, 0.3) is 0 Å². The lowest BCUT2D eigenvalue weighted by Crippen LogP contribution is -2.33. The lowest BCUT2D eigenvalue weighted by atomic mass is 9.94. The number of hydrogen-bond acceptors (Lipinski definition) is 4. The van der Waals surface area contributed by atoms with Crippen LogP contribution in [0.4, 0.5) is 0 Å². The Morgan fingerprint density at radius 3 is 3.00 bits per heavy atom. The predicted molar refractivity (Wildman–Crippen MR) is 61.7 cm³/mol. The fraction of sp³-hybridized carbons (Fsp3) is 0.583. The second-order valence-electron chi connectivity index (χ2n) is 4.50. The van der Waals surface area contributed by atoms with Crippen molar-refractivity contribution in [2.75, 3.05) is 20.2 Å². The van der Waals surface area contributed by atoms with E-state index < -0.39 is 5.60 Å². The fourth-order valence-electron chi connectivity index (χ4n) is 2.19. The van der Waals surface area contributed by atoms with Crippen LogP contribution >= 0.6 is 0 Å². The van der Waals surface area contributed by atoms with Crippen LogP contribution in [0.5, 0.6) is 5.88 Å². The van der Waals surface area contributed by atoms with Crippen LogP contribution in [-0.4, -0.2) is 35.9 Å². The highest BCUT2D eigenvalue weighted by Gasteiger charge is 2.31. The predicted octanol–water partition coefficient (Wildman–Crippen LogP) is 0.666. The van der Waals surface area contributed by atoms with Gasteiger partial charge in [-0.2, -0.15) is 0 Å². The van der Waals surface area contributed by atoms with Crippen LogP contribution in [0.3, 0.4) is 0 Å². The molecule has 1 aliphatic rings. The van der Waals surface area contributed by atoms with E-state index in [0.29, 0.717) is 18.8 Å². The van der Waals surface area contributed by atoms with Gasteiger partial charge in [0.2, 0.25) is 5.88 Å². The van der Waals surface area contributed by atoms with E-state index in [9.17, 15) is 5.11 Å². The van der Waals surface area contributed by atoms with Gasteiger partial charge in [-0.15, -0.1) is 0 Å². The Balaban J connectivity index is 2.13. The first-order valence-corrected chi connectivity index (χ1v) is 5.56. The highest BCUT2D eigenvalue weighted by molar-refractivity contribution is 5.29. The molecule has 4 nitrogen and oxygen atoms in total. The number of methoxy groups -OCH3 is 1. The standard InChI is InChI=1S/C12H18N2O2/c1-9-5-10(7-14-11(9)16-2)6-12(15)3-4-13-8-12/h5,7,13,15H,3-4,6,8H2,1-2H3. The summed E-state index contributed by atoms with van der Waals surface area (Å²) >= 11 is 0. The highest BCUT2D eigenvalue weighted by atomic mass is 16.5. The minimum Gasteiger partial charge on any atom is -0.481 e. The number of aromatic nitrogens is 1. The number of hydrogen-bond donors (Lipinski definition) is 2. The molecule has 2 rings (SSSR count). The first-order chi connectivity index (χ1) is 7.63. The van der Waals surface area contributed by atoms with Gasteiger partial charge in [-0.05, 0) is 31.5 Å². The second kappa shape index (κ2) is 4.39. The molecular weight excluding hydrogens is 204 g/mol. The molecule has 0 radical (unpaired) electrons. The van der Waals surface area contributed by atoms with Crippen molar-refractivity contribution in [3.8, 4) is 5.88 Å². The number of rotatable bonds is 3. The molecule has 0 spiro atoms. The van der Waals surface area contributed by atoms with Gasteiger partial charge >= 0.3 is 0 Å². The van der Waals surface area contributed by atoms with Crippen LogP contribution in [0.15, 0.2) is 12.3 Å². The zero-order chi connectivity index (χ0) is 11.6. The molecule has 0 aromatic carbocycles. The maximum atomic E-state index is 10.2. The number of aryl methyl sites for hydroxylation is 1.